The number of aliphatic imine (C=N–C) groups is 1. The molecule has 3 rings (SSSR count). The number of aromatic amines is 1. The predicted molar refractivity (Wildman–Crippen MR) is 119 cm³/mol. The Hall–Kier alpha value is -3.57. The van der Waals surface area contributed by atoms with Crippen molar-refractivity contribution in [1.82, 2.24) is 9.88 Å². The summed E-state index contributed by atoms with van der Waals surface area (Å²) in [6, 6.07) is -1.91. The van der Waals surface area contributed by atoms with Crippen LogP contribution < -0.4 is 5.32 Å². The second-order valence-electron chi connectivity index (χ2n) is 9.06. The third-order valence-electron chi connectivity index (χ3n) is 5.20. The first-order chi connectivity index (χ1) is 15.9. The Morgan fingerprint density at radius 1 is 1.06 bits per heavy atom. The molecule has 1 aromatic heterocycles. The van der Waals surface area contributed by atoms with Gasteiger partial charge in [0.1, 0.15) is 24.3 Å². The minimum absolute atomic E-state index is 0.303. The molecular formula is C22H30N4O8. The fourth-order valence-corrected chi connectivity index (χ4v) is 4.11. The minimum Gasteiger partial charge on any atom is -0.464 e. The lowest BCUT2D eigenvalue weighted by Gasteiger charge is -2.33. The summed E-state index contributed by atoms with van der Waals surface area (Å²) in [6.45, 7) is 8.85. The molecular weight excluding hydrogens is 448 g/mol. The van der Waals surface area contributed by atoms with Crippen LogP contribution in [-0.2, 0) is 39.9 Å². The molecule has 34 heavy (non-hydrogen) atoms. The number of hydrogen-bond donors (Lipinski definition) is 2. The van der Waals surface area contributed by atoms with Crippen LogP contribution >= 0.6 is 0 Å². The van der Waals surface area contributed by atoms with Gasteiger partial charge in [0.2, 0.25) is 0 Å². The van der Waals surface area contributed by atoms with Crippen LogP contribution in [0.15, 0.2) is 11.2 Å². The maximum absolute atomic E-state index is 13.5. The molecule has 2 N–H and O–H groups in total. The maximum Gasteiger partial charge on any atom is 0.411 e. The molecule has 186 valence electrons. The summed E-state index contributed by atoms with van der Waals surface area (Å²) in [5, 5.41) is 3.06. The Balaban J connectivity index is 2.16. The molecule has 0 bridgehead atoms. The number of aromatic nitrogens is 1. The smallest absolute Gasteiger partial charge is 0.411 e. The molecule has 1 aromatic rings. The van der Waals surface area contributed by atoms with Crippen LogP contribution in [-0.4, -0.2) is 70.7 Å². The van der Waals surface area contributed by atoms with Crippen LogP contribution in [0.2, 0.25) is 0 Å². The zero-order valence-corrected chi connectivity index (χ0v) is 20.0. The number of fused-ring (bicyclic) bond motifs is 1. The van der Waals surface area contributed by atoms with Gasteiger partial charge in [0.25, 0.3) is 0 Å². The quantitative estimate of drug-likeness (QED) is 0.479. The molecule has 2 aliphatic rings. The Morgan fingerprint density at radius 3 is 2.29 bits per heavy atom. The topological polar surface area (TPSA) is 149 Å². The van der Waals surface area contributed by atoms with E-state index in [1.807, 2.05) is 0 Å². The lowest BCUT2D eigenvalue weighted by Crippen LogP contribution is -2.47. The highest BCUT2D eigenvalue weighted by atomic mass is 16.6. The zero-order valence-electron chi connectivity index (χ0n) is 20.0. The normalized spacial score (nSPS) is 23.5. The maximum atomic E-state index is 13.5. The fraction of sp³-hybridized carbons (Fsp3) is 0.591. The number of nitrogens with zero attached hydrogens (tertiary/aromatic N) is 2. The fourth-order valence-electron chi connectivity index (χ4n) is 4.11. The van der Waals surface area contributed by atoms with Gasteiger partial charge in [-0.25, -0.2) is 4.79 Å². The number of amides is 1. The van der Waals surface area contributed by atoms with Crippen LogP contribution in [0, 0.1) is 0 Å². The van der Waals surface area contributed by atoms with Crippen LogP contribution in [0.4, 0.5) is 10.5 Å². The predicted octanol–water partition coefficient (Wildman–Crippen LogP) is 2.06. The number of ether oxygens (including phenoxy) is 4. The molecule has 0 aromatic carbocycles. The van der Waals surface area contributed by atoms with Crippen molar-refractivity contribution in [2.24, 2.45) is 4.99 Å². The SMILES string of the molecule is CC(=O)OCC1C(OC(C)=O)C(OC(C)=O)C(c2c[nH]c3c2NC=NC3)N1C(=O)OC(C)(C)C. The molecule has 0 saturated carbocycles. The van der Waals surface area contributed by atoms with Gasteiger partial charge < -0.3 is 29.2 Å². The highest BCUT2D eigenvalue weighted by Crippen LogP contribution is 2.45. The van der Waals surface area contributed by atoms with Gasteiger partial charge in [0.15, 0.2) is 12.2 Å². The number of anilines is 1. The third-order valence-corrected chi connectivity index (χ3v) is 5.20. The molecule has 1 fully saturated rings. The molecule has 1 amide bonds. The molecule has 12 heteroatoms. The zero-order chi connectivity index (χ0) is 25.2. The van der Waals surface area contributed by atoms with Crippen LogP contribution in [0.25, 0.3) is 0 Å². The van der Waals surface area contributed by atoms with E-state index in [1.54, 1.807) is 27.0 Å². The monoisotopic (exact) mass is 478 g/mol. The summed E-state index contributed by atoms with van der Waals surface area (Å²) in [7, 11) is 0. The highest BCUT2D eigenvalue weighted by Gasteiger charge is 2.57. The van der Waals surface area contributed by atoms with E-state index in [9.17, 15) is 19.2 Å². The van der Waals surface area contributed by atoms with Crippen molar-refractivity contribution in [3.05, 3.63) is 17.5 Å². The van der Waals surface area contributed by atoms with E-state index in [-0.39, 0.29) is 6.61 Å². The number of esters is 3. The first-order valence-corrected chi connectivity index (χ1v) is 10.8. The van der Waals surface area contributed by atoms with Gasteiger partial charge in [-0.05, 0) is 20.8 Å². The van der Waals surface area contributed by atoms with Gasteiger partial charge in [0, 0.05) is 32.5 Å². The van der Waals surface area contributed by atoms with Gasteiger partial charge in [-0.15, -0.1) is 0 Å². The molecule has 0 spiro atoms. The van der Waals surface area contributed by atoms with Crippen molar-refractivity contribution in [1.29, 1.82) is 0 Å². The Kier molecular flexibility index (Phi) is 7.18. The van der Waals surface area contributed by atoms with Crippen molar-refractivity contribution >= 4 is 36.0 Å². The minimum atomic E-state index is -1.12. The van der Waals surface area contributed by atoms with E-state index in [2.05, 4.69) is 15.3 Å². The average Bonchev–Trinajstić information content (AvgIpc) is 3.24. The third kappa shape index (κ3) is 5.49. The second-order valence-corrected chi connectivity index (χ2v) is 9.06. The summed E-state index contributed by atoms with van der Waals surface area (Å²) in [4.78, 5) is 57.8. The van der Waals surface area contributed by atoms with Crippen molar-refractivity contribution in [2.75, 3.05) is 11.9 Å². The van der Waals surface area contributed by atoms with Gasteiger partial charge in [0.05, 0.1) is 24.3 Å². The summed E-state index contributed by atoms with van der Waals surface area (Å²) >= 11 is 0. The van der Waals surface area contributed by atoms with Crippen molar-refractivity contribution in [2.45, 2.75) is 78.0 Å². The van der Waals surface area contributed by atoms with Gasteiger partial charge >= 0.3 is 24.0 Å². The number of carbonyl (C=O) groups is 4. The summed E-state index contributed by atoms with van der Waals surface area (Å²) in [5.74, 6) is -1.88. The van der Waals surface area contributed by atoms with Crippen molar-refractivity contribution in [3.63, 3.8) is 0 Å². The second kappa shape index (κ2) is 9.74. The van der Waals surface area contributed by atoms with E-state index in [0.29, 0.717) is 17.8 Å². The average molecular weight is 479 g/mol. The van der Waals surface area contributed by atoms with E-state index >= 15 is 0 Å². The van der Waals surface area contributed by atoms with Crippen molar-refractivity contribution in [3.8, 4) is 0 Å². The lowest BCUT2D eigenvalue weighted by atomic mass is 10.0. The summed E-state index contributed by atoms with van der Waals surface area (Å²) in [6.07, 6.45) is 0.217. The number of carbonyl (C=O) groups excluding carboxylic acids is 4. The number of hydrogen-bond acceptors (Lipinski definition) is 10. The molecule has 2 aliphatic heterocycles. The molecule has 0 aliphatic carbocycles. The van der Waals surface area contributed by atoms with E-state index in [1.165, 1.54) is 32.0 Å². The first-order valence-electron chi connectivity index (χ1n) is 10.8. The largest absolute Gasteiger partial charge is 0.464 e. The molecule has 4 unspecified atom stereocenters. The van der Waals surface area contributed by atoms with Crippen LogP contribution in [0.1, 0.15) is 58.8 Å². The van der Waals surface area contributed by atoms with Gasteiger partial charge in [-0.2, -0.15) is 0 Å². The molecule has 1 saturated heterocycles. The van der Waals surface area contributed by atoms with Gasteiger partial charge in [-0.1, -0.05) is 0 Å². The highest BCUT2D eigenvalue weighted by molar-refractivity contribution is 5.82. The van der Waals surface area contributed by atoms with Crippen LogP contribution in [0.5, 0.6) is 0 Å². The first kappa shape index (κ1) is 25.1. The number of likely N-dealkylation sites (tertiary alicyclic amines) is 1. The number of nitrogens with one attached hydrogen (secondary N) is 2. The van der Waals surface area contributed by atoms with Crippen LogP contribution in [0.3, 0.4) is 0 Å². The standard InChI is InChI=1S/C22H30N4O8/c1-11(27)31-9-16-19(32-12(2)28)20(33-13(3)29)18(26(16)21(30)34-22(4,5)6)14-7-24-15-8-23-10-25-17(14)15/h7,10,16,18-20,24H,8-9H2,1-6H3,(H,23,25). The van der Waals surface area contributed by atoms with E-state index in [0.717, 1.165) is 5.69 Å². The number of H-pyrrole nitrogens is 1. The van der Waals surface area contributed by atoms with E-state index in [4.69, 9.17) is 18.9 Å². The van der Waals surface area contributed by atoms with E-state index < -0.39 is 53.9 Å². The Labute approximate surface area is 197 Å². The molecule has 0 radical (unpaired) electrons. The Bertz CT molecular complexity index is 996. The molecule has 12 nitrogen and oxygen atoms in total. The molecule has 4 atom stereocenters. The Morgan fingerprint density at radius 2 is 1.71 bits per heavy atom. The number of rotatable bonds is 5. The summed E-state index contributed by atoms with van der Waals surface area (Å²) < 4.78 is 22.0. The van der Waals surface area contributed by atoms with Gasteiger partial charge in [-0.3, -0.25) is 24.3 Å². The molecule has 3 heterocycles. The lowest BCUT2D eigenvalue weighted by molar-refractivity contribution is -0.165. The van der Waals surface area contributed by atoms with Crippen molar-refractivity contribution < 1.29 is 38.1 Å². The summed E-state index contributed by atoms with van der Waals surface area (Å²) in [5.41, 5.74) is 1.13.